The number of benzene rings is 5. The Labute approximate surface area is 382 Å². The standard InChI is InChI=1S/C54H57N7O4/c1-39-16-13-17-40-18-14-25-49(51(39)40)59-30-28-47-48(37-59)56-53(64-38-45-34-46(63-3)36-58(45)2)57-52(47)60-31-32-61(44(35-60)27-29-55)50(62)26-15-33-65-54(41-19-7-4-8-20-41,42-21-9-5-10-22-42)43-23-11-6-12-24-43/h4-26,44-46H,27-28,30-38H2,1-3H3/b26-15+/t44-,45+,46+/m0/s1. The Balaban J connectivity index is 0.957. The Morgan fingerprint density at radius 1 is 0.815 bits per heavy atom. The van der Waals surface area contributed by atoms with E-state index in [4.69, 9.17) is 24.2 Å². The number of hydrogen-bond acceptors (Lipinski definition) is 10. The molecule has 9 rings (SSSR count). The van der Waals surface area contributed by atoms with Crippen molar-refractivity contribution in [3.8, 4) is 12.1 Å². The molecule has 65 heavy (non-hydrogen) atoms. The molecule has 5 aromatic carbocycles. The van der Waals surface area contributed by atoms with E-state index in [0.717, 1.165) is 59.7 Å². The van der Waals surface area contributed by atoms with E-state index in [2.05, 4.69) is 108 Å². The van der Waals surface area contributed by atoms with Crippen LogP contribution >= 0.6 is 0 Å². The summed E-state index contributed by atoms with van der Waals surface area (Å²) in [6.45, 7) is 6.49. The second-order valence-corrected chi connectivity index (χ2v) is 17.4. The van der Waals surface area contributed by atoms with Crippen LogP contribution in [-0.4, -0.2) is 104 Å². The second kappa shape index (κ2) is 19.7. The summed E-state index contributed by atoms with van der Waals surface area (Å²) in [6, 6.07) is 46.1. The minimum atomic E-state index is -0.907. The molecule has 11 nitrogen and oxygen atoms in total. The molecule has 0 N–H and O–H groups in total. The average Bonchev–Trinajstić information content (AvgIpc) is 3.72. The fourth-order valence-electron chi connectivity index (χ4n) is 10.1. The van der Waals surface area contributed by atoms with Crippen molar-refractivity contribution in [1.29, 1.82) is 5.26 Å². The Morgan fingerprint density at radius 2 is 1.49 bits per heavy atom. The molecule has 332 valence electrons. The van der Waals surface area contributed by atoms with E-state index < -0.39 is 5.60 Å². The first-order valence-electron chi connectivity index (χ1n) is 22.7. The first-order valence-corrected chi connectivity index (χ1v) is 22.7. The minimum Gasteiger partial charge on any atom is -0.462 e. The number of nitrogens with zero attached hydrogens (tertiary/aromatic N) is 7. The first kappa shape index (κ1) is 43.7. The second-order valence-electron chi connectivity index (χ2n) is 17.4. The van der Waals surface area contributed by atoms with Crippen LogP contribution in [0.1, 0.15) is 46.4 Å². The highest BCUT2D eigenvalue weighted by molar-refractivity contribution is 5.97. The fraction of sp³-hybridized carbons (Fsp3) is 0.333. The van der Waals surface area contributed by atoms with Gasteiger partial charge in [0, 0.05) is 68.6 Å². The zero-order valence-electron chi connectivity index (χ0n) is 37.6. The summed E-state index contributed by atoms with van der Waals surface area (Å²) >= 11 is 0. The number of aromatic nitrogens is 2. The van der Waals surface area contributed by atoms with Crippen molar-refractivity contribution >= 4 is 28.2 Å². The van der Waals surface area contributed by atoms with Gasteiger partial charge in [0.05, 0.1) is 43.5 Å². The lowest BCUT2D eigenvalue weighted by Crippen LogP contribution is -2.55. The number of carbonyl (C=O) groups excluding carboxylic acids is 1. The van der Waals surface area contributed by atoms with Gasteiger partial charge in [-0.15, -0.1) is 0 Å². The molecule has 3 atom stereocenters. The van der Waals surface area contributed by atoms with Gasteiger partial charge in [0.25, 0.3) is 0 Å². The van der Waals surface area contributed by atoms with Crippen LogP contribution in [-0.2, 0) is 32.8 Å². The molecule has 1 amide bonds. The predicted octanol–water partition coefficient (Wildman–Crippen LogP) is 8.09. The van der Waals surface area contributed by atoms with Gasteiger partial charge in [-0.25, -0.2) is 0 Å². The van der Waals surface area contributed by atoms with Crippen molar-refractivity contribution in [2.24, 2.45) is 0 Å². The average molecular weight is 868 g/mol. The van der Waals surface area contributed by atoms with Gasteiger partial charge in [0.15, 0.2) is 0 Å². The maximum Gasteiger partial charge on any atom is 0.318 e. The van der Waals surface area contributed by atoms with Crippen LogP contribution in [0, 0.1) is 18.3 Å². The molecular weight excluding hydrogens is 811 g/mol. The molecule has 2 fully saturated rings. The molecule has 2 saturated heterocycles. The van der Waals surface area contributed by atoms with Gasteiger partial charge in [0.1, 0.15) is 18.0 Å². The predicted molar refractivity (Wildman–Crippen MR) is 255 cm³/mol. The molecule has 0 aliphatic carbocycles. The zero-order valence-corrected chi connectivity index (χ0v) is 37.6. The van der Waals surface area contributed by atoms with Gasteiger partial charge in [0.2, 0.25) is 5.91 Å². The highest BCUT2D eigenvalue weighted by Crippen LogP contribution is 2.41. The molecule has 11 heteroatoms. The topological polar surface area (TPSA) is 107 Å². The number of ether oxygens (including phenoxy) is 3. The van der Waals surface area contributed by atoms with Crippen molar-refractivity contribution in [2.45, 2.75) is 56.5 Å². The highest BCUT2D eigenvalue weighted by atomic mass is 16.5. The van der Waals surface area contributed by atoms with Crippen LogP contribution in [0.2, 0.25) is 0 Å². The number of fused-ring (bicyclic) bond motifs is 2. The third-order valence-electron chi connectivity index (χ3n) is 13.4. The van der Waals surface area contributed by atoms with Crippen molar-refractivity contribution in [3.63, 3.8) is 0 Å². The lowest BCUT2D eigenvalue weighted by atomic mass is 9.80. The number of carbonyl (C=O) groups is 1. The third kappa shape index (κ3) is 9.07. The zero-order chi connectivity index (χ0) is 44.8. The monoisotopic (exact) mass is 867 g/mol. The number of likely N-dealkylation sites (N-methyl/N-ethyl adjacent to an activating group) is 1. The number of nitriles is 1. The van der Waals surface area contributed by atoms with E-state index in [-0.39, 0.29) is 37.1 Å². The SMILES string of the molecule is CO[C@@H]1C[C@H](COc2nc3c(c(N4CCN(C(=O)/C=C/COC(c5ccccc5)(c5ccccc5)c5ccccc5)[C@@H](CC#N)C4)n2)CCN(c2cccc4cccc(C)c24)C3)N(C)C1. The van der Waals surface area contributed by atoms with Crippen molar-refractivity contribution < 1.29 is 19.0 Å². The lowest BCUT2D eigenvalue weighted by Gasteiger charge is -2.42. The number of piperazine rings is 1. The third-order valence-corrected chi connectivity index (χ3v) is 13.4. The first-order chi connectivity index (χ1) is 31.9. The van der Waals surface area contributed by atoms with E-state index in [0.29, 0.717) is 38.8 Å². The molecule has 4 heterocycles. The van der Waals surface area contributed by atoms with Gasteiger partial charge in [-0.1, -0.05) is 127 Å². The Morgan fingerprint density at radius 3 is 2.14 bits per heavy atom. The molecule has 1 aromatic heterocycles. The van der Waals surface area contributed by atoms with Crippen LogP contribution < -0.4 is 14.5 Å². The summed E-state index contributed by atoms with van der Waals surface area (Å²) in [7, 11) is 3.86. The molecule has 0 spiro atoms. The number of likely N-dealkylation sites (tertiary alicyclic amines) is 1. The quantitative estimate of drug-likeness (QED) is 0.0788. The summed E-state index contributed by atoms with van der Waals surface area (Å²) in [5.41, 5.74) is 6.53. The molecule has 3 aliphatic heterocycles. The molecular formula is C54H57N7O4. The van der Waals surface area contributed by atoms with Gasteiger partial charge >= 0.3 is 6.01 Å². The number of methoxy groups -OCH3 is 1. The molecule has 0 saturated carbocycles. The van der Waals surface area contributed by atoms with Crippen molar-refractivity contribution in [1.82, 2.24) is 19.8 Å². The minimum absolute atomic E-state index is 0.150. The lowest BCUT2D eigenvalue weighted by molar-refractivity contribution is -0.128. The normalized spacial score (nSPS) is 19.1. The summed E-state index contributed by atoms with van der Waals surface area (Å²) in [5, 5.41) is 12.6. The summed E-state index contributed by atoms with van der Waals surface area (Å²) in [4.78, 5) is 33.1. The number of amides is 1. The van der Waals surface area contributed by atoms with Crippen molar-refractivity contribution in [2.75, 3.05) is 69.9 Å². The molecule has 3 aliphatic rings. The summed E-state index contributed by atoms with van der Waals surface area (Å²) < 4.78 is 19.1. The smallest absolute Gasteiger partial charge is 0.318 e. The fourth-order valence-corrected chi connectivity index (χ4v) is 10.1. The van der Waals surface area contributed by atoms with E-state index in [1.54, 1.807) is 19.3 Å². The molecule has 0 bridgehead atoms. The van der Waals surface area contributed by atoms with Crippen LogP contribution in [0.3, 0.4) is 0 Å². The van der Waals surface area contributed by atoms with Crippen molar-refractivity contribution in [3.05, 3.63) is 173 Å². The molecule has 0 unspecified atom stereocenters. The number of anilines is 2. The number of rotatable bonds is 14. The molecule has 6 aromatic rings. The van der Waals surface area contributed by atoms with Crippen LogP contribution in [0.4, 0.5) is 11.5 Å². The summed E-state index contributed by atoms with van der Waals surface area (Å²) in [6.07, 6.45) is 5.37. The number of hydrogen-bond donors (Lipinski definition) is 0. The van der Waals surface area contributed by atoms with E-state index in [9.17, 15) is 10.1 Å². The number of aryl methyl sites for hydroxylation is 1. The van der Waals surface area contributed by atoms with Crippen LogP contribution in [0.5, 0.6) is 6.01 Å². The Hall–Kier alpha value is -6.58. The van der Waals surface area contributed by atoms with E-state index in [1.807, 2.05) is 59.5 Å². The molecule has 0 radical (unpaired) electrons. The van der Waals surface area contributed by atoms with Crippen LogP contribution in [0.15, 0.2) is 140 Å². The van der Waals surface area contributed by atoms with Gasteiger partial charge in [-0.3, -0.25) is 9.69 Å². The Kier molecular flexibility index (Phi) is 13.2. The van der Waals surface area contributed by atoms with Crippen LogP contribution in [0.25, 0.3) is 10.8 Å². The largest absolute Gasteiger partial charge is 0.462 e. The maximum absolute atomic E-state index is 14.1. The maximum atomic E-state index is 14.1. The Bertz CT molecular complexity index is 2550. The van der Waals surface area contributed by atoms with Gasteiger partial charge in [-0.2, -0.15) is 15.2 Å². The summed E-state index contributed by atoms with van der Waals surface area (Å²) in [5.74, 6) is 0.675. The van der Waals surface area contributed by atoms with Gasteiger partial charge in [-0.05, 0) is 60.5 Å². The highest BCUT2D eigenvalue weighted by Gasteiger charge is 2.38. The van der Waals surface area contributed by atoms with Gasteiger partial charge < -0.3 is 28.9 Å². The van der Waals surface area contributed by atoms with E-state index in [1.165, 1.54) is 22.0 Å². The van der Waals surface area contributed by atoms with E-state index >= 15 is 0 Å².